The number of anilines is 2. The van der Waals surface area contributed by atoms with E-state index in [9.17, 15) is 5.26 Å². The second-order valence-electron chi connectivity index (χ2n) is 7.73. The average Bonchev–Trinajstić information content (AvgIpc) is 3.24. The summed E-state index contributed by atoms with van der Waals surface area (Å²) >= 11 is 0. The molecular formula is C22H23N7O. The van der Waals surface area contributed by atoms with Gasteiger partial charge in [0.05, 0.1) is 16.9 Å². The predicted molar refractivity (Wildman–Crippen MR) is 114 cm³/mol. The van der Waals surface area contributed by atoms with E-state index in [0.29, 0.717) is 24.0 Å². The maximum Gasteiger partial charge on any atom is 0.237 e. The van der Waals surface area contributed by atoms with Crippen LogP contribution in [0, 0.1) is 11.3 Å². The molecule has 1 aromatic carbocycles. The SMILES string of the molecule is Cn1cnnc1C1CCN(c2c(C#N)cccc2-c2cnc3c(c2)NCCO3)CC1. The molecule has 152 valence electrons. The van der Waals surface area contributed by atoms with Gasteiger partial charge in [-0.2, -0.15) is 5.26 Å². The average molecular weight is 401 g/mol. The number of fused-ring (bicyclic) bond motifs is 1. The van der Waals surface area contributed by atoms with E-state index in [1.165, 1.54) is 0 Å². The van der Waals surface area contributed by atoms with E-state index in [-0.39, 0.29) is 0 Å². The van der Waals surface area contributed by atoms with Crippen molar-refractivity contribution < 1.29 is 4.74 Å². The van der Waals surface area contributed by atoms with Gasteiger partial charge in [0.15, 0.2) is 0 Å². The van der Waals surface area contributed by atoms with Crippen LogP contribution in [0.15, 0.2) is 36.8 Å². The van der Waals surface area contributed by atoms with E-state index >= 15 is 0 Å². The maximum absolute atomic E-state index is 9.80. The van der Waals surface area contributed by atoms with Gasteiger partial charge in [0.1, 0.15) is 24.8 Å². The van der Waals surface area contributed by atoms with E-state index in [2.05, 4.69) is 43.6 Å². The Kier molecular flexibility index (Phi) is 4.71. The lowest BCUT2D eigenvalue weighted by Gasteiger charge is -2.35. The number of piperidine rings is 1. The Balaban J connectivity index is 1.47. The van der Waals surface area contributed by atoms with E-state index in [1.807, 2.05) is 29.9 Å². The van der Waals surface area contributed by atoms with Crippen molar-refractivity contribution in [3.05, 3.63) is 48.2 Å². The number of benzene rings is 1. The molecule has 0 unspecified atom stereocenters. The van der Waals surface area contributed by atoms with Gasteiger partial charge < -0.3 is 19.5 Å². The molecule has 8 nitrogen and oxygen atoms in total. The Bertz CT molecular complexity index is 1110. The number of para-hydroxylation sites is 1. The number of nitrogens with zero attached hydrogens (tertiary/aromatic N) is 6. The van der Waals surface area contributed by atoms with Gasteiger partial charge >= 0.3 is 0 Å². The molecule has 2 aliphatic rings. The highest BCUT2D eigenvalue weighted by atomic mass is 16.5. The van der Waals surface area contributed by atoms with Gasteiger partial charge in [0.2, 0.25) is 5.88 Å². The van der Waals surface area contributed by atoms with Crippen LogP contribution in [0.25, 0.3) is 11.1 Å². The molecule has 3 aromatic rings. The van der Waals surface area contributed by atoms with Crippen molar-refractivity contribution >= 4 is 11.4 Å². The van der Waals surface area contributed by atoms with Gasteiger partial charge in [-0.3, -0.25) is 0 Å². The number of rotatable bonds is 3. The molecule has 1 N–H and O–H groups in total. The minimum atomic E-state index is 0.387. The zero-order valence-corrected chi connectivity index (χ0v) is 16.9. The van der Waals surface area contributed by atoms with Crippen LogP contribution < -0.4 is 15.0 Å². The molecule has 1 saturated heterocycles. The summed E-state index contributed by atoms with van der Waals surface area (Å²) in [6.07, 6.45) is 5.54. The monoisotopic (exact) mass is 401 g/mol. The summed E-state index contributed by atoms with van der Waals surface area (Å²) < 4.78 is 7.62. The molecule has 0 spiro atoms. The lowest BCUT2D eigenvalue weighted by Crippen LogP contribution is -2.34. The van der Waals surface area contributed by atoms with Crippen LogP contribution >= 0.6 is 0 Å². The normalized spacial score (nSPS) is 16.3. The minimum absolute atomic E-state index is 0.387. The van der Waals surface area contributed by atoms with Gasteiger partial charge in [0.25, 0.3) is 0 Å². The molecule has 8 heteroatoms. The summed E-state index contributed by atoms with van der Waals surface area (Å²) in [5.74, 6) is 2.05. The van der Waals surface area contributed by atoms with Crippen LogP contribution in [0.2, 0.25) is 0 Å². The van der Waals surface area contributed by atoms with Crippen molar-refractivity contribution in [1.29, 1.82) is 5.26 Å². The fraction of sp³-hybridized carbons (Fsp3) is 0.364. The standard InChI is InChI=1S/C22H23N7O/c1-28-14-26-27-21(28)15-5-8-29(9-6-15)20-16(12-23)3-2-4-18(20)17-11-19-22(25-13-17)30-10-7-24-19/h2-4,11,13-15,24H,5-10H2,1H3. The molecule has 0 atom stereocenters. The third kappa shape index (κ3) is 3.22. The van der Waals surface area contributed by atoms with E-state index in [1.54, 1.807) is 6.33 Å². The highest BCUT2D eigenvalue weighted by Crippen LogP contribution is 2.39. The molecule has 5 rings (SSSR count). The van der Waals surface area contributed by atoms with E-state index in [4.69, 9.17) is 4.74 Å². The highest BCUT2D eigenvalue weighted by Gasteiger charge is 2.27. The fourth-order valence-electron chi connectivity index (χ4n) is 4.41. The van der Waals surface area contributed by atoms with Crippen LogP contribution in [-0.4, -0.2) is 46.0 Å². The molecule has 2 aromatic heterocycles. The Morgan fingerprint density at radius 1 is 1.27 bits per heavy atom. The van der Waals surface area contributed by atoms with Crippen LogP contribution in [0.1, 0.15) is 30.1 Å². The predicted octanol–water partition coefficient (Wildman–Crippen LogP) is 2.94. The molecule has 0 bridgehead atoms. The smallest absolute Gasteiger partial charge is 0.237 e. The van der Waals surface area contributed by atoms with Crippen LogP contribution in [0.5, 0.6) is 5.88 Å². The number of hydrogen-bond donors (Lipinski definition) is 1. The van der Waals surface area contributed by atoms with Crippen molar-refractivity contribution in [2.45, 2.75) is 18.8 Å². The summed E-state index contributed by atoms with van der Waals surface area (Å²) in [4.78, 5) is 6.81. The van der Waals surface area contributed by atoms with Crippen LogP contribution in [0.3, 0.4) is 0 Å². The first-order chi connectivity index (χ1) is 14.7. The van der Waals surface area contributed by atoms with E-state index in [0.717, 1.165) is 60.8 Å². The third-order valence-corrected chi connectivity index (χ3v) is 5.90. The number of hydrogen-bond acceptors (Lipinski definition) is 7. The molecule has 30 heavy (non-hydrogen) atoms. The van der Waals surface area contributed by atoms with E-state index < -0.39 is 0 Å². The minimum Gasteiger partial charge on any atom is -0.474 e. The third-order valence-electron chi connectivity index (χ3n) is 5.90. The lowest BCUT2D eigenvalue weighted by atomic mass is 9.93. The van der Waals surface area contributed by atoms with Gasteiger partial charge in [-0.15, -0.1) is 10.2 Å². The first-order valence-electron chi connectivity index (χ1n) is 10.2. The van der Waals surface area contributed by atoms with Crippen molar-refractivity contribution in [2.75, 3.05) is 36.5 Å². The first kappa shape index (κ1) is 18.4. The number of pyridine rings is 1. The molecule has 0 aliphatic carbocycles. The van der Waals surface area contributed by atoms with Gasteiger partial charge in [-0.1, -0.05) is 12.1 Å². The van der Waals surface area contributed by atoms with Crippen LogP contribution in [0.4, 0.5) is 11.4 Å². The van der Waals surface area contributed by atoms with Crippen molar-refractivity contribution in [3.63, 3.8) is 0 Å². The Hall–Kier alpha value is -3.60. The van der Waals surface area contributed by atoms with Gasteiger partial charge in [-0.25, -0.2) is 4.98 Å². The second-order valence-corrected chi connectivity index (χ2v) is 7.73. The summed E-state index contributed by atoms with van der Waals surface area (Å²) in [5, 5.41) is 21.5. The molecule has 4 heterocycles. The lowest BCUT2D eigenvalue weighted by molar-refractivity contribution is 0.310. The first-order valence-corrected chi connectivity index (χ1v) is 10.2. The van der Waals surface area contributed by atoms with Crippen molar-refractivity contribution in [3.8, 4) is 23.1 Å². The number of aryl methyl sites for hydroxylation is 1. The number of nitriles is 1. The fourth-order valence-corrected chi connectivity index (χ4v) is 4.41. The Morgan fingerprint density at radius 2 is 2.13 bits per heavy atom. The number of ether oxygens (including phenoxy) is 1. The largest absolute Gasteiger partial charge is 0.474 e. The Morgan fingerprint density at radius 3 is 2.90 bits per heavy atom. The highest BCUT2D eigenvalue weighted by molar-refractivity contribution is 5.84. The summed E-state index contributed by atoms with van der Waals surface area (Å²) in [7, 11) is 1.99. The second kappa shape index (κ2) is 7.67. The summed E-state index contributed by atoms with van der Waals surface area (Å²) in [6, 6.07) is 10.3. The zero-order valence-electron chi connectivity index (χ0n) is 16.9. The number of nitrogens with one attached hydrogen (secondary N) is 1. The number of aromatic nitrogens is 4. The topological polar surface area (TPSA) is 91.9 Å². The quantitative estimate of drug-likeness (QED) is 0.721. The van der Waals surface area contributed by atoms with Crippen molar-refractivity contribution in [1.82, 2.24) is 19.7 Å². The molecule has 0 radical (unpaired) electrons. The molecule has 1 fully saturated rings. The molecular weight excluding hydrogens is 378 g/mol. The molecule has 0 saturated carbocycles. The van der Waals surface area contributed by atoms with Crippen LogP contribution in [-0.2, 0) is 7.05 Å². The van der Waals surface area contributed by atoms with Gasteiger partial charge in [0, 0.05) is 49.9 Å². The summed E-state index contributed by atoms with van der Waals surface area (Å²) in [6.45, 7) is 3.11. The molecule has 2 aliphatic heterocycles. The maximum atomic E-state index is 9.80. The van der Waals surface area contributed by atoms with Gasteiger partial charge in [-0.05, 0) is 25.0 Å². The summed E-state index contributed by atoms with van der Waals surface area (Å²) in [5.41, 5.74) is 4.57. The Labute approximate surface area is 175 Å². The molecule has 0 amide bonds. The van der Waals surface area contributed by atoms with Crippen molar-refractivity contribution in [2.24, 2.45) is 7.05 Å². The zero-order chi connectivity index (χ0) is 20.5.